The normalized spacial score (nSPS) is 18.6. The fourth-order valence-corrected chi connectivity index (χ4v) is 4.47. The lowest BCUT2D eigenvalue weighted by Gasteiger charge is -2.12. The molecule has 1 aliphatic heterocycles. The highest BCUT2D eigenvalue weighted by atomic mass is 32.3. The van der Waals surface area contributed by atoms with E-state index in [-0.39, 0.29) is 18.9 Å². The maximum atomic E-state index is 12.8. The van der Waals surface area contributed by atoms with Crippen LogP contribution in [0.3, 0.4) is 0 Å². The first kappa shape index (κ1) is 16.1. The van der Waals surface area contributed by atoms with Gasteiger partial charge in [-0.15, -0.1) is 15.2 Å². The summed E-state index contributed by atoms with van der Waals surface area (Å²) in [5.41, 5.74) is 1.77. The van der Waals surface area contributed by atoms with Crippen LogP contribution in [0.5, 0.6) is 0 Å². The third-order valence-electron chi connectivity index (χ3n) is 3.70. The van der Waals surface area contributed by atoms with E-state index < -0.39 is 21.9 Å². The summed E-state index contributed by atoms with van der Waals surface area (Å²) < 4.78 is 34.4. The number of carbonyl (C=O) groups is 1. The Morgan fingerprint density at radius 2 is 2.04 bits per heavy atom. The van der Waals surface area contributed by atoms with Crippen molar-refractivity contribution >= 4 is 32.6 Å². The zero-order valence-corrected chi connectivity index (χ0v) is 14.0. The summed E-state index contributed by atoms with van der Waals surface area (Å²) in [6.07, 6.45) is 0.0302. The Bertz CT molecular complexity index is 834. The highest BCUT2D eigenvalue weighted by Gasteiger charge is 2.35. The molecule has 8 heteroatoms. The number of benzene rings is 1. The minimum atomic E-state index is -4.58. The molecule has 1 aliphatic rings. The summed E-state index contributed by atoms with van der Waals surface area (Å²) in [7, 11) is -4.58. The third-order valence-corrected chi connectivity index (χ3v) is 5.57. The van der Waals surface area contributed by atoms with Gasteiger partial charge in [-0.3, -0.25) is 9.69 Å². The van der Waals surface area contributed by atoms with Crippen LogP contribution in [0.15, 0.2) is 30.3 Å². The maximum Gasteiger partial charge on any atom is 0.302 e. The number of anilines is 1. The SMILES string of the molecule is Cc1sc(N2CC(CS(=O)(=O)F)CC2=O)nc1-c1ccccc1. The molecular formula is C15H15FN2O3S2. The molecule has 1 atom stereocenters. The van der Waals surface area contributed by atoms with Gasteiger partial charge in [0.15, 0.2) is 5.13 Å². The minimum absolute atomic E-state index is 0.0302. The van der Waals surface area contributed by atoms with Crippen molar-refractivity contribution in [2.45, 2.75) is 13.3 Å². The standard InChI is InChI=1S/C15H15FN2O3S2/c1-10-14(12-5-3-2-4-6-12)17-15(22-10)18-8-11(7-13(18)19)9-23(16,20)21/h2-6,11H,7-9H2,1H3. The van der Waals surface area contributed by atoms with E-state index >= 15 is 0 Å². The topological polar surface area (TPSA) is 67.3 Å². The Labute approximate surface area is 138 Å². The van der Waals surface area contributed by atoms with Gasteiger partial charge < -0.3 is 0 Å². The van der Waals surface area contributed by atoms with Crippen LogP contribution in [0.2, 0.25) is 0 Å². The number of hydrogen-bond donors (Lipinski definition) is 0. The van der Waals surface area contributed by atoms with Crippen LogP contribution >= 0.6 is 11.3 Å². The van der Waals surface area contributed by atoms with Gasteiger partial charge in [0.2, 0.25) is 5.91 Å². The average molecular weight is 354 g/mol. The highest BCUT2D eigenvalue weighted by Crippen LogP contribution is 2.35. The van der Waals surface area contributed by atoms with Crippen molar-refractivity contribution in [3.05, 3.63) is 35.2 Å². The predicted molar refractivity (Wildman–Crippen MR) is 87.6 cm³/mol. The van der Waals surface area contributed by atoms with E-state index in [1.54, 1.807) is 0 Å². The molecule has 3 rings (SSSR count). The Kier molecular flexibility index (Phi) is 4.20. The number of aromatic nitrogens is 1. The molecule has 1 aromatic carbocycles. The maximum absolute atomic E-state index is 12.8. The largest absolute Gasteiger partial charge is 0.302 e. The predicted octanol–water partition coefficient (Wildman–Crippen LogP) is 2.77. The first-order chi connectivity index (χ1) is 10.8. The van der Waals surface area contributed by atoms with Gasteiger partial charge in [0.05, 0.1) is 11.4 Å². The molecule has 0 spiro atoms. The summed E-state index contributed by atoms with van der Waals surface area (Å²) in [5.74, 6) is -1.36. The number of hydrogen-bond acceptors (Lipinski definition) is 5. The molecule has 1 saturated heterocycles. The zero-order chi connectivity index (χ0) is 16.6. The van der Waals surface area contributed by atoms with Crippen molar-refractivity contribution in [2.75, 3.05) is 17.2 Å². The van der Waals surface area contributed by atoms with Crippen LogP contribution in [0.1, 0.15) is 11.3 Å². The van der Waals surface area contributed by atoms with Crippen molar-refractivity contribution in [3.8, 4) is 11.3 Å². The molecule has 0 radical (unpaired) electrons. The number of halogens is 1. The van der Waals surface area contributed by atoms with Crippen LogP contribution < -0.4 is 4.90 Å². The van der Waals surface area contributed by atoms with Crippen molar-refractivity contribution in [2.24, 2.45) is 5.92 Å². The molecule has 0 bridgehead atoms. The molecule has 0 aliphatic carbocycles. The van der Waals surface area contributed by atoms with E-state index in [1.807, 2.05) is 37.3 Å². The molecule has 0 saturated carbocycles. The number of rotatable bonds is 4. The average Bonchev–Trinajstić information content (AvgIpc) is 3.01. The minimum Gasteiger partial charge on any atom is -0.288 e. The van der Waals surface area contributed by atoms with Gasteiger partial charge in [-0.25, -0.2) is 4.98 Å². The summed E-state index contributed by atoms with van der Waals surface area (Å²) >= 11 is 1.38. The van der Waals surface area contributed by atoms with Crippen molar-refractivity contribution in [1.82, 2.24) is 4.98 Å². The monoisotopic (exact) mass is 354 g/mol. The fraction of sp³-hybridized carbons (Fsp3) is 0.333. The summed E-state index contributed by atoms with van der Waals surface area (Å²) in [4.78, 5) is 19.1. The third kappa shape index (κ3) is 3.59. The van der Waals surface area contributed by atoms with Crippen molar-refractivity contribution in [1.29, 1.82) is 0 Å². The Balaban J connectivity index is 1.84. The fourth-order valence-electron chi connectivity index (χ4n) is 2.72. The number of amides is 1. The second-order valence-electron chi connectivity index (χ2n) is 5.55. The lowest BCUT2D eigenvalue weighted by molar-refractivity contribution is -0.117. The first-order valence-corrected chi connectivity index (χ1v) is 9.46. The molecule has 0 N–H and O–H groups in total. The first-order valence-electron chi connectivity index (χ1n) is 7.09. The quantitative estimate of drug-likeness (QED) is 0.792. The van der Waals surface area contributed by atoms with Crippen LogP contribution in [-0.2, 0) is 15.0 Å². The second kappa shape index (κ2) is 6.01. The molecule has 122 valence electrons. The molecule has 1 fully saturated rings. The van der Waals surface area contributed by atoms with Gasteiger partial charge in [-0.1, -0.05) is 30.3 Å². The van der Waals surface area contributed by atoms with E-state index in [1.165, 1.54) is 16.2 Å². The van der Waals surface area contributed by atoms with E-state index in [0.717, 1.165) is 16.1 Å². The van der Waals surface area contributed by atoms with E-state index in [9.17, 15) is 17.1 Å². The lowest BCUT2D eigenvalue weighted by Crippen LogP contribution is -2.25. The summed E-state index contributed by atoms with van der Waals surface area (Å²) in [5, 5.41) is 0.533. The van der Waals surface area contributed by atoms with Crippen molar-refractivity contribution < 1.29 is 17.1 Å². The molecule has 2 heterocycles. The summed E-state index contributed by atoms with van der Waals surface area (Å²) in [6.45, 7) is 2.11. The van der Waals surface area contributed by atoms with Crippen LogP contribution in [-0.4, -0.2) is 31.6 Å². The smallest absolute Gasteiger partial charge is 0.288 e. The van der Waals surface area contributed by atoms with Gasteiger partial charge in [0.25, 0.3) is 0 Å². The Hall–Kier alpha value is -1.80. The van der Waals surface area contributed by atoms with Crippen molar-refractivity contribution in [3.63, 3.8) is 0 Å². The van der Waals surface area contributed by atoms with Gasteiger partial charge in [0, 0.05) is 29.3 Å². The van der Waals surface area contributed by atoms with Gasteiger partial charge >= 0.3 is 10.2 Å². The molecule has 1 amide bonds. The van der Waals surface area contributed by atoms with Gasteiger partial charge in [-0.2, -0.15) is 8.42 Å². The molecule has 23 heavy (non-hydrogen) atoms. The summed E-state index contributed by atoms with van der Waals surface area (Å²) in [6, 6.07) is 9.62. The molecule has 1 aromatic heterocycles. The number of thiazole rings is 1. The van der Waals surface area contributed by atoms with E-state index in [2.05, 4.69) is 4.98 Å². The second-order valence-corrected chi connectivity index (χ2v) is 8.14. The Morgan fingerprint density at radius 3 is 2.70 bits per heavy atom. The molecular weight excluding hydrogens is 339 g/mol. The molecule has 2 aromatic rings. The zero-order valence-electron chi connectivity index (χ0n) is 12.4. The number of nitrogens with zero attached hydrogens (tertiary/aromatic N) is 2. The molecule has 5 nitrogen and oxygen atoms in total. The lowest BCUT2D eigenvalue weighted by atomic mass is 10.1. The van der Waals surface area contributed by atoms with E-state index in [0.29, 0.717) is 5.13 Å². The van der Waals surface area contributed by atoms with Crippen LogP contribution in [0, 0.1) is 12.8 Å². The highest BCUT2D eigenvalue weighted by molar-refractivity contribution is 7.86. The number of carbonyl (C=O) groups excluding carboxylic acids is 1. The van der Waals surface area contributed by atoms with Gasteiger partial charge in [0.1, 0.15) is 0 Å². The van der Waals surface area contributed by atoms with E-state index in [4.69, 9.17) is 0 Å². The van der Waals surface area contributed by atoms with Crippen LogP contribution in [0.4, 0.5) is 9.02 Å². The number of aryl methyl sites for hydroxylation is 1. The Morgan fingerprint density at radius 1 is 1.35 bits per heavy atom. The van der Waals surface area contributed by atoms with Gasteiger partial charge in [-0.05, 0) is 6.92 Å². The van der Waals surface area contributed by atoms with Crippen LogP contribution in [0.25, 0.3) is 11.3 Å². The molecule has 1 unspecified atom stereocenters.